The van der Waals surface area contributed by atoms with Crippen molar-refractivity contribution in [1.82, 2.24) is 25.3 Å². The lowest BCUT2D eigenvalue weighted by Crippen LogP contribution is -2.36. The number of carbonyl (C=O) groups is 1. The fraction of sp³-hybridized carbons (Fsp3) is 0.263. The molecule has 2 aromatic heterocycles. The van der Waals surface area contributed by atoms with Gasteiger partial charge in [0.2, 0.25) is 5.69 Å². The number of hydrogen-bond acceptors (Lipinski definition) is 4. The molecule has 30 heavy (non-hydrogen) atoms. The molecular formula is C19H23ClN6O2S2. The SMILES string of the molecule is S.S.[C-]#[N+]c1ccc(-c2ccn(C[C@H](C)NC(=O)c3cc([C@H](C)O)[nH]n3)n2)cc1Cl. The molecule has 0 aliphatic rings. The van der Waals surface area contributed by atoms with Crippen LogP contribution in [0.3, 0.4) is 0 Å². The van der Waals surface area contributed by atoms with E-state index in [4.69, 9.17) is 18.2 Å². The summed E-state index contributed by atoms with van der Waals surface area (Å²) in [5.74, 6) is -0.329. The van der Waals surface area contributed by atoms with Crippen molar-refractivity contribution >= 4 is 50.2 Å². The Bertz CT molecular complexity index is 1040. The van der Waals surface area contributed by atoms with Crippen molar-refractivity contribution in [2.75, 3.05) is 0 Å². The maximum Gasteiger partial charge on any atom is 0.272 e. The third-order valence-corrected chi connectivity index (χ3v) is 4.43. The van der Waals surface area contributed by atoms with E-state index in [0.717, 1.165) is 11.3 Å². The van der Waals surface area contributed by atoms with Gasteiger partial charge in [-0.3, -0.25) is 14.6 Å². The van der Waals surface area contributed by atoms with Gasteiger partial charge < -0.3 is 10.4 Å². The average Bonchev–Trinajstić information content (AvgIpc) is 3.31. The molecule has 0 aliphatic carbocycles. The van der Waals surface area contributed by atoms with Crippen LogP contribution in [0.1, 0.15) is 36.1 Å². The van der Waals surface area contributed by atoms with Crippen molar-refractivity contribution in [3.63, 3.8) is 0 Å². The molecule has 2 atom stereocenters. The number of aromatic amines is 1. The lowest BCUT2D eigenvalue weighted by Gasteiger charge is -2.13. The fourth-order valence-electron chi connectivity index (χ4n) is 2.67. The van der Waals surface area contributed by atoms with E-state index in [2.05, 4.69) is 25.5 Å². The minimum atomic E-state index is -0.716. The van der Waals surface area contributed by atoms with E-state index in [9.17, 15) is 9.90 Å². The number of hydrogen-bond donors (Lipinski definition) is 3. The minimum Gasteiger partial charge on any atom is -0.387 e. The van der Waals surface area contributed by atoms with Crippen molar-refractivity contribution in [3.8, 4) is 11.3 Å². The molecule has 0 radical (unpaired) electrons. The Balaban J connectivity index is 0.00000225. The van der Waals surface area contributed by atoms with Gasteiger partial charge in [-0.05, 0) is 32.0 Å². The van der Waals surface area contributed by atoms with E-state index < -0.39 is 6.10 Å². The van der Waals surface area contributed by atoms with Crippen LogP contribution in [-0.2, 0) is 6.54 Å². The van der Waals surface area contributed by atoms with Gasteiger partial charge in [0.05, 0.1) is 30.6 Å². The first-order valence-corrected chi connectivity index (χ1v) is 9.00. The topological polar surface area (TPSA) is 100 Å². The van der Waals surface area contributed by atoms with Gasteiger partial charge in [0, 0.05) is 22.8 Å². The Morgan fingerprint density at radius 2 is 2.07 bits per heavy atom. The van der Waals surface area contributed by atoms with Crippen LogP contribution in [0.2, 0.25) is 5.02 Å². The summed E-state index contributed by atoms with van der Waals surface area (Å²) in [5, 5.41) is 23.8. The van der Waals surface area contributed by atoms with Gasteiger partial charge in [-0.25, -0.2) is 4.85 Å². The zero-order chi connectivity index (χ0) is 20.3. The van der Waals surface area contributed by atoms with Gasteiger partial charge in [0.1, 0.15) is 5.69 Å². The smallest absolute Gasteiger partial charge is 0.272 e. The van der Waals surface area contributed by atoms with Crippen LogP contribution in [0, 0.1) is 6.57 Å². The minimum absolute atomic E-state index is 0. The highest BCUT2D eigenvalue weighted by atomic mass is 35.5. The van der Waals surface area contributed by atoms with Crippen LogP contribution in [-0.4, -0.2) is 37.0 Å². The number of carbonyl (C=O) groups excluding carboxylic acids is 1. The molecule has 0 spiro atoms. The largest absolute Gasteiger partial charge is 0.387 e. The predicted molar refractivity (Wildman–Crippen MR) is 126 cm³/mol. The second-order valence-corrected chi connectivity index (χ2v) is 6.87. The lowest BCUT2D eigenvalue weighted by molar-refractivity contribution is 0.0931. The van der Waals surface area contributed by atoms with Gasteiger partial charge in [0.15, 0.2) is 0 Å². The molecule has 0 saturated carbocycles. The van der Waals surface area contributed by atoms with Crippen LogP contribution in [0.5, 0.6) is 0 Å². The van der Waals surface area contributed by atoms with E-state index in [1.807, 2.05) is 19.2 Å². The molecule has 3 N–H and O–H groups in total. The molecular weight excluding hydrogens is 444 g/mol. The summed E-state index contributed by atoms with van der Waals surface area (Å²) in [5.41, 5.74) is 2.65. The van der Waals surface area contributed by atoms with Crippen molar-refractivity contribution in [3.05, 3.63) is 64.4 Å². The first-order valence-electron chi connectivity index (χ1n) is 8.62. The number of aliphatic hydroxyl groups excluding tert-OH is 1. The summed E-state index contributed by atoms with van der Waals surface area (Å²) in [6.45, 7) is 11.0. The molecule has 3 aromatic rings. The third kappa shape index (κ3) is 6.03. The molecule has 0 unspecified atom stereocenters. The normalized spacial score (nSPS) is 12.1. The fourth-order valence-corrected chi connectivity index (χ4v) is 2.89. The number of nitrogens with zero attached hydrogens (tertiary/aromatic N) is 4. The predicted octanol–water partition coefficient (Wildman–Crippen LogP) is 3.57. The number of H-pyrrole nitrogens is 1. The van der Waals surface area contributed by atoms with Crippen molar-refractivity contribution in [2.24, 2.45) is 0 Å². The molecule has 11 heteroatoms. The van der Waals surface area contributed by atoms with E-state index >= 15 is 0 Å². The second kappa shape index (κ2) is 11.1. The van der Waals surface area contributed by atoms with Gasteiger partial charge >= 0.3 is 0 Å². The van der Waals surface area contributed by atoms with Crippen molar-refractivity contribution in [2.45, 2.75) is 32.5 Å². The van der Waals surface area contributed by atoms with Gasteiger partial charge in [-0.15, -0.1) is 0 Å². The number of aromatic nitrogens is 4. The van der Waals surface area contributed by atoms with Crippen LogP contribution in [0.25, 0.3) is 16.1 Å². The average molecular weight is 467 g/mol. The molecule has 160 valence electrons. The van der Waals surface area contributed by atoms with Crippen molar-refractivity contribution in [1.29, 1.82) is 0 Å². The quantitative estimate of drug-likeness (QED) is 0.483. The number of nitrogens with one attached hydrogen (secondary N) is 2. The molecule has 0 fully saturated rings. The molecule has 0 saturated heterocycles. The van der Waals surface area contributed by atoms with Crippen LogP contribution in [0.15, 0.2) is 36.5 Å². The Hall–Kier alpha value is -2.45. The highest BCUT2D eigenvalue weighted by Gasteiger charge is 2.16. The molecule has 2 heterocycles. The molecule has 0 bridgehead atoms. The molecule has 8 nitrogen and oxygen atoms in total. The Morgan fingerprint density at radius 1 is 1.33 bits per heavy atom. The second-order valence-electron chi connectivity index (χ2n) is 6.46. The highest BCUT2D eigenvalue weighted by molar-refractivity contribution is 7.59. The lowest BCUT2D eigenvalue weighted by atomic mass is 10.1. The maximum atomic E-state index is 12.3. The zero-order valence-corrected chi connectivity index (χ0v) is 19.1. The number of benzene rings is 1. The summed E-state index contributed by atoms with van der Waals surface area (Å²) in [7, 11) is 0. The summed E-state index contributed by atoms with van der Waals surface area (Å²) < 4.78 is 1.72. The zero-order valence-electron chi connectivity index (χ0n) is 16.3. The monoisotopic (exact) mass is 466 g/mol. The van der Waals surface area contributed by atoms with Crippen LogP contribution >= 0.6 is 38.6 Å². The van der Waals surface area contributed by atoms with E-state index in [1.165, 1.54) is 6.07 Å². The van der Waals surface area contributed by atoms with Crippen LogP contribution < -0.4 is 5.32 Å². The molecule has 1 aromatic carbocycles. The van der Waals surface area contributed by atoms with Crippen molar-refractivity contribution < 1.29 is 9.90 Å². The Morgan fingerprint density at radius 3 is 2.67 bits per heavy atom. The molecule has 1 amide bonds. The van der Waals surface area contributed by atoms with E-state index in [-0.39, 0.29) is 44.6 Å². The Labute approximate surface area is 193 Å². The summed E-state index contributed by atoms with van der Waals surface area (Å²) in [6, 6.07) is 8.35. The number of amides is 1. The summed E-state index contributed by atoms with van der Waals surface area (Å²) in [6.07, 6.45) is 1.10. The Kier molecular flexibility index (Phi) is 9.45. The standard InChI is InChI=1S/C19H19ClN6O2.2H2S/c1-11(22-19(28)18-9-17(12(2)27)23-24-18)10-26-7-6-15(25-26)13-4-5-16(21-3)14(20)8-13;;/h4-9,11-12,27H,10H2,1-2H3,(H,22,28)(H,23,24);2*1H2/t11-,12-;;/m0../s1. The highest BCUT2D eigenvalue weighted by Crippen LogP contribution is 2.29. The molecule has 0 aliphatic heterocycles. The van der Waals surface area contributed by atoms with E-state index in [0.29, 0.717) is 22.9 Å². The van der Waals surface area contributed by atoms with Gasteiger partial charge in [0.25, 0.3) is 5.91 Å². The van der Waals surface area contributed by atoms with Crippen LogP contribution in [0.4, 0.5) is 5.69 Å². The molecule has 3 rings (SSSR count). The maximum absolute atomic E-state index is 12.3. The first-order chi connectivity index (χ1) is 13.4. The van der Waals surface area contributed by atoms with Gasteiger partial charge in [-0.2, -0.15) is 37.2 Å². The first kappa shape index (κ1) is 25.6. The van der Waals surface area contributed by atoms with Gasteiger partial charge in [-0.1, -0.05) is 23.7 Å². The third-order valence-electron chi connectivity index (χ3n) is 4.12. The number of halogens is 1. The number of rotatable bonds is 6. The summed E-state index contributed by atoms with van der Waals surface area (Å²) in [4.78, 5) is 15.6. The summed E-state index contributed by atoms with van der Waals surface area (Å²) >= 11 is 6.09. The van der Waals surface area contributed by atoms with E-state index in [1.54, 1.807) is 29.8 Å². The number of aliphatic hydroxyl groups is 1.